The molecule has 0 bridgehead atoms. The summed E-state index contributed by atoms with van der Waals surface area (Å²) in [7, 11) is 0. The Labute approximate surface area is 90.5 Å². The topological polar surface area (TPSA) is 172 Å². The minimum atomic E-state index is -1.30. The number of carboxylic acid groups (broad SMARTS) is 1. The summed E-state index contributed by atoms with van der Waals surface area (Å²) in [5.74, 6) is 7.14. The highest BCUT2D eigenvalue weighted by molar-refractivity contribution is 5.77. The second-order valence-corrected chi connectivity index (χ2v) is 2.70. The molecule has 0 radical (unpaired) electrons. The highest BCUT2D eigenvalue weighted by Crippen LogP contribution is 1.91. The van der Waals surface area contributed by atoms with Crippen molar-refractivity contribution in [2.45, 2.75) is 12.1 Å². The average Bonchev–Trinajstić information content (AvgIpc) is 2.23. The lowest BCUT2D eigenvalue weighted by Crippen LogP contribution is -2.45. The van der Waals surface area contributed by atoms with Gasteiger partial charge in [0.1, 0.15) is 12.6 Å². The van der Waals surface area contributed by atoms with Crippen molar-refractivity contribution >= 4 is 11.9 Å². The van der Waals surface area contributed by atoms with E-state index < -0.39 is 30.6 Å². The van der Waals surface area contributed by atoms with Crippen molar-refractivity contribution in [2.75, 3.05) is 13.2 Å². The average molecular weight is 238 g/mol. The zero-order valence-corrected chi connectivity index (χ0v) is 8.29. The van der Waals surface area contributed by atoms with Gasteiger partial charge in [-0.25, -0.2) is 10.8 Å². The molecule has 0 amide bonds. The van der Waals surface area contributed by atoms with Crippen LogP contribution in [0.2, 0.25) is 0 Å². The van der Waals surface area contributed by atoms with Gasteiger partial charge in [0.25, 0.3) is 0 Å². The van der Waals surface area contributed by atoms with Crippen LogP contribution in [0.3, 0.4) is 0 Å². The molecular weight excluding hydrogens is 224 g/mol. The second kappa shape index (κ2) is 7.92. The number of carboxylic acids is 1. The van der Waals surface area contributed by atoms with Crippen LogP contribution in [-0.4, -0.2) is 42.3 Å². The lowest BCUT2D eigenvalue weighted by molar-refractivity contribution is -0.155. The predicted molar refractivity (Wildman–Crippen MR) is 48.9 cm³/mol. The maximum absolute atomic E-state index is 11.1. The second-order valence-electron chi connectivity index (χ2n) is 2.70. The number of nitrogens with two attached hydrogens (primary N) is 3. The summed E-state index contributed by atoms with van der Waals surface area (Å²) in [5.41, 5.74) is 7.17. The molecule has 0 spiro atoms. The number of aliphatic carboxylic acids is 1. The van der Waals surface area contributed by atoms with E-state index >= 15 is 0 Å². The first-order valence-electron chi connectivity index (χ1n) is 4.10. The predicted octanol–water partition coefficient (Wildman–Crippen LogP) is -3.40. The van der Waals surface area contributed by atoms with Crippen molar-refractivity contribution < 1.29 is 29.2 Å². The Bertz CT molecular complexity index is 237. The van der Waals surface area contributed by atoms with Crippen molar-refractivity contribution in [2.24, 2.45) is 17.5 Å². The summed E-state index contributed by atoms with van der Waals surface area (Å²) < 4.78 is 4.55. The van der Waals surface area contributed by atoms with Crippen LogP contribution in [0.4, 0.5) is 0 Å². The smallest absolute Gasteiger partial charge is 0.326 e. The Morgan fingerprint density at radius 2 is 1.94 bits per heavy atom. The van der Waals surface area contributed by atoms with Crippen molar-refractivity contribution in [3.8, 4) is 0 Å². The summed E-state index contributed by atoms with van der Waals surface area (Å²) in [6, 6.07) is -2.38. The fraction of sp³-hybridized carbons (Fsp3) is 0.667. The molecule has 0 aromatic rings. The van der Waals surface area contributed by atoms with Crippen LogP contribution in [-0.2, 0) is 24.1 Å². The van der Waals surface area contributed by atoms with E-state index in [2.05, 4.69) is 26.3 Å². The van der Waals surface area contributed by atoms with Crippen LogP contribution in [0.1, 0.15) is 0 Å². The normalized spacial score (nSPS) is 14.2. The van der Waals surface area contributed by atoms with Gasteiger partial charge in [-0.05, 0) is 0 Å². The third kappa shape index (κ3) is 5.55. The summed E-state index contributed by atoms with van der Waals surface area (Å²) in [6.07, 6.45) is 0. The molecule has 8 N–H and O–H groups in total. The van der Waals surface area contributed by atoms with Crippen LogP contribution in [0, 0.1) is 0 Å². The molecule has 2 atom stereocenters. The largest absolute Gasteiger partial charge is 0.480 e. The zero-order chi connectivity index (χ0) is 12.6. The fourth-order valence-corrected chi connectivity index (χ4v) is 0.682. The van der Waals surface area contributed by atoms with Crippen molar-refractivity contribution in [1.82, 2.24) is 5.48 Å². The molecule has 0 fully saturated rings. The highest BCUT2D eigenvalue weighted by Gasteiger charge is 2.22. The molecule has 10 heteroatoms. The molecule has 0 rings (SSSR count). The maximum atomic E-state index is 11.1. The van der Waals surface area contributed by atoms with E-state index in [1.807, 2.05) is 5.48 Å². The van der Waals surface area contributed by atoms with E-state index in [0.29, 0.717) is 0 Å². The molecule has 0 saturated carbocycles. The van der Waals surface area contributed by atoms with E-state index in [1.165, 1.54) is 0 Å². The van der Waals surface area contributed by atoms with Crippen molar-refractivity contribution in [1.29, 1.82) is 0 Å². The zero-order valence-electron chi connectivity index (χ0n) is 8.29. The van der Waals surface area contributed by atoms with Crippen LogP contribution >= 0.6 is 0 Å². The lowest BCUT2D eigenvalue weighted by atomic mass is 10.3. The van der Waals surface area contributed by atoms with Crippen molar-refractivity contribution in [3.63, 3.8) is 0 Å². The number of ether oxygens (including phenoxy) is 1. The van der Waals surface area contributed by atoms with Crippen LogP contribution in [0.5, 0.6) is 0 Å². The van der Waals surface area contributed by atoms with Gasteiger partial charge in [0, 0.05) is 0 Å². The first-order valence-corrected chi connectivity index (χ1v) is 4.10. The Morgan fingerprint density at radius 1 is 1.31 bits per heavy atom. The van der Waals surface area contributed by atoms with E-state index in [4.69, 9.17) is 10.8 Å². The first-order chi connectivity index (χ1) is 7.52. The summed E-state index contributed by atoms with van der Waals surface area (Å²) in [6.45, 7) is -0.735. The van der Waals surface area contributed by atoms with Gasteiger partial charge in [-0.2, -0.15) is 11.4 Å². The van der Waals surface area contributed by atoms with E-state index in [0.717, 1.165) is 0 Å². The molecule has 0 aromatic heterocycles. The summed E-state index contributed by atoms with van der Waals surface area (Å²) >= 11 is 0. The number of hydrogen-bond donors (Lipinski definition) is 5. The Morgan fingerprint density at radius 3 is 2.38 bits per heavy atom. The Kier molecular flexibility index (Phi) is 7.28. The molecule has 0 aliphatic carbocycles. The monoisotopic (exact) mass is 238 g/mol. The van der Waals surface area contributed by atoms with Gasteiger partial charge in [-0.3, -0.25) is 9.59 Å². The summed E-state index contributed by atoms with van der Waals surface area (Å²) in [4.78, 5) is 29.7. The Hall–Kier alpha value is -1.30. The minimum Gasteiger partial charge on any atom is -0.480 e. The molecule has 16 heavy (non-hydrogen) atoms. The number of rotatable bonds is 8. The number of hydrogen-bond acceptors (Lipinski definition) is 9. The van der Waals surface area contributed by atoms with Gasteiger partial charge in [0.2, 0.25) is 0 Å². The van der Waals surface area contributed by atoms with Gasteiger partial charge in [-0.1, -0.05) is 0 Å². The van der Waals surface area contributed by atoms with E-state index in [-0.39, 0.29) is 6.61 Å². The molecule has 94 valence electrons. The molecule has 0 aliphatic rings. The van der Waals surface area contributed by atoms with Crippen LogP contribution < -0.4 is 23.0 Å². The maximum Gasteiger partial charge on any atom is 0.326 e. The van der Waals surface area contributed by atoms with Gasteiger partial charge in [0.15, 0.2) is 6.04 Å². The molecule has 0 heterocycles. The van der Waals surface area contributed by atoms with E-state index in [1.54, 1.807) is 0 Å². The van der Waals surface area contributed by atoms with Gasteiger partial charge in [0.05, 0.1) is 6.61 Å². The standard InChI is InChI=1S/C6H14N4O6/c7-3(1-15-8)6(13)14-2-4(5(11)12)10-16-9/h3-4,10H,1-2,7-9H2,(H,11,12)/t3-,4-/m0/s1. The van der Waals surface area contributed by atoms with Crippen LogP contribution in [0.15, 0.2) is 0 Å². The third-order valence-electron chi connectivity index (χ3n) is 1.48. The fourth-order valence-electron chi connectivity index (χ4n) is 0.682. The number of nitrogens with one attached hydrogen (secondary N) is 1. The Balaban J connectivity index is 4.00. The first kappa shape index (κ1) is 14.7. The SMILES string of the molecule is NOC[C@H](N)C(=O)OC[C@H](NON)C(=O)O. The van der Waals surface area contributed by atoms with Gasteiger partial charge >= 0.3 is 11.9 Å². The molecule has 0 aliphatic heterocycles. The number of carbonyl (C=O) groups is 2. The molecular formula is C6H14N4O6. The van der Waals surface area contributed by atoms with E-state index in [9.17, 15) is 9.59 Å². The molecule has 0 saturated heterocycles. The highest BCUT2D eigenvalue weighted by atomic mass is 16.8. The molecule has 10 nitrogen and oxygen atoms in total. The molecule has 0 aromatic carbocycles. The third-order valence-corrected chi connectivity index (χ3v) is 1.48. The number of hydroxylamine groups is 1. The quantitative estimate of drug-likeness (QED) is 0.212. The lowest BCUT2D eigenvalue weighted by Gasteiger charge is -2.14. The van der Waals surface area contributed by atoms with Gasteiger partial charge in [-0.15, -0.1) is 0 Å². The van der Waals surface area contributed by atoms with Crippen molar-refractivity contribution in [3.05, 3.63) is 0 Å². The summed E-state index contributed by atoms with van der Waals surface area (Å²) in [5, 5.41) is 8.59. The number of carbonyl (C=O) groups excluding carboxylic acids is 1. The molecule has 0 unspecified atom stereocenters. The minimum absolute atomic E-state index is 0.239. The van der Waals surface area contributed by atoms with Crippen LogP contribution in [0.25, 0.3) is 0 Å². The number of esters is 1. The van der Waals surface area contributed by atoms with Gasteiger partial charge < -0.3 is 20.4 Å².